The first-order valence-electron chi connectivity index (χ1n) is 8.68. The molecule has 0 aliphatic heterocycles. The van der Waals surface area contributed by atoms with Gasteiger partial charge in [0.2, 0.25) is 5.95 Å². The monoisotopic (exact) mass is 411 g/mol. The number of methoxy groups -OCH3 is 1. The Bertz CT molecular complexity index is 1080. The van der Waals surface area contributed by atoms with Crippen LogP contribution in [0, 0.1) is 0 Å². The Kier molecular flexibility index (Phi) is 6.08. The van der Waals surface area contributed by atoms with Crippen LogP contribution in [-0.4, -0.2) is 45.8 Å². The van der Waals surface area contributed by atoms with Gasteiger partial charge in [0.15, 0.2) is 5.75 Å². The third-order valence-corrected chi connectivity index (χ3v) is 5.35. The molecule has 2 aromatic carbocycles. The second-order valence-electron chi connectivity index (χ2n) is 6.29. The minimum Gasteiger partial charge on any atom is -0.494 e. The predicted molar refractivity (Wildman–Crippen MR) is 114 cm³/mol. The zero-order valence-electron chi connectivity index (χ0n) is 16.3. The molecule has 0 atom stereocenters. The lowest BCUT2D eigenvalue weighted by Crippen LogP contribution is -2.15. The Morgan fingerprint density at radius 3 is 2.17 bits per heavy atom. The van der Waals surface area contributed by atoms with Crippen LogP contribution in [0.3, 0.4) is 0 Å². The van der Waals surface area contributed by atoms with E-state index in [4.69, 9.17) is 4.74 Å². The largest absolute Gasteiger partial charge is 0.494 e. The number of sulfonamides is 1. The van der Waals surface area contributed by atoms with Gasteiger partial charge in [0.1, 0.15) is 0 Å². The van der Waals surface area contributed by atoms with E-state index >= 15 is 0 Å². The molecule has 0 radical (unpaired) electrons. The highest BCUT2D eigenvalue weighted by Gasteiger charge is 2.15. The summed E-state index contributed by atoms with van der Waals surface area (Å²) in [6.07, 6.45) is 4.45. The van der Waals surface area contributed by atoms with Crippen LogP contribution in [-0.2, 0) is 10.0 Å². The zero-order chi connectivity index (χ0) is 20.9. The number of benzene rings is 2. The highest BCUT2D eigenvalue weighted by Crippen LogP contribution is 2.19. The van der Waals surface area contributed by atoms with Crippen LogP contribution in [0.2, 0.25) is 0 Å². The number of nitrogens with zero attached hydrogens (tertiary/aromatic N) is 4. The summed E-state index contributed by atoms with van der Waals surface area (Å²) in [6.45, 7) is 0. The highest BCUT2D eigenvalue weighted by atomic mass is 32.2. The van der Waals surface area contributed by atoms with Crippen LogP contribution in [0.25, 0.3) is 0 Å². The second kappa shape index (κ2) is 8.70. The summed E-state index contributed by atoms with van der Waals surface area (Å²) in [5, 5.41) is 0. The fourth-order valence-electron chi connectivity index (χ4n) is 2.37. The maximum atomic E-state index is 12.5. The fourth-order valence-corrected chi connectivity index (χ4v) is 3.33. The van der Waals surface area contributed by atoms with Crippen LogP contribution in [0.15, 0.2) is 70.8 Å². The average molecular weight is 411 g/mol. The number of aromatic nitrogens is 2. The van der Waals surface area contributed by atoms with Gasteiger partial charge in [-0.05, 0) is 42.0 Å². The normalized spacial score (nSPS) is 11.4. The van der Waals surface area contributed by atoms with E-state index in [1.807, 2.05) is 43.3 Å². The summed E-state index contributed by atoms with van der Waals surface area (Å²) in [5.74, 6) is 0.408. The summed E-state index contributed by atoms with van der Waals surface area (Å²) >= 11 is 0. The number of nitrogens with one attached hydrogen (secondary N) is 1. The van der Waals surface area contributed by atoms with E-state index in [0.717, 1.165) is 16.9 Å². The molecule has 1 N–H and O–H groups in total. The molecule has 1 aromatic heterocycles. The van der Waals surface area contributed by atoms with Gasteiger partial charge in [-0.1, -0.05) is 12.1 Å². The molecule has 8 nitrogen and oxygen atoms in total. The highest BCUT2D eigenvalue weighted by molar-refractivity contribution is 7.92. The molecule has 1 heterocycles. The van der Waals surface area contributed by atoms with Gasteiger partial charge in [-0.2, -0.15) is 0 Å². The maximum absolute atomic E-state index is 12.5. The molecule has 0 saturated carbocycles. The Labute approximate surface area is 170 Å². The first kappa shape index (κ1) is 20.3. The van der Waals surface area contributed by atoms with E-state index < -0.39 is 10.0 Å². The van der Waals surface area contributed by atoms with Gasteiger partial charge in [0.25, 0.3) is 10.0 Å². The van der Waals surface area contributed by atoms with Crippen LogP contribution < -0.4 is 14.4 Å². The van der Waals surface area contributed by atoms with Crippen LogP contribution in [0.1, 0.15) is 5.56 Å². The number of hydrogen-bond acceptors (Lipinski definition) is 7. The molecule has 29 heavy (non-hydrogen) atoms. The van der Waals surface area contributed by atoms with Crippen LogP contribution in [0.5, 0.6) is 5.75 Å². The zero-order valence-corrected chi connectivity index (χ0v) is 17.1. The van der Waals surface area contributed by atoms with E-state index in [1.165, 1.54) is 31.6 Å². The van der Waals surface area contributed by atoms with Crippen molar-refractivity contribution in [3.05, 3.63) is 66.5 Å². The fraction of sp³-hybridized carbons (Fsp3) is 0.150. The van der Waals surface area contributed by atoms with E-state index in [-0.39, 0.29) is 10.8 Å². The van der Waals surface area contributed by atoms with Gasteiger partial charge in [-0.15, -0.1) is 0 Å². The third-order valence-electron chi connectivity index (χ3n) is 4.01. The lowest BCUT2D eigenvalue weighted by molar-refractivity contribution is 0.411. The molecule has 9 heteroatoms. The number of rotatable bonds is 7. The Morgan fingerprint density at radius 1 is 1.00 bits per heavy atom. The molecular formula is C20H21N5O3S. The van der Waals surface area contributed by atoms with E-state index in [2.05, 4.69) is 19.7 Å². The van der Waals surface area contributed by atoms with Gasteiger partial charge in [-0.3, -0.25) is 4.99 Å². The lowest BCUT2D eigenvalue weighted by Gasteiger charge is -2.11. The number of hydrogen-bond donors (Lipinski definition) is 1. The minimum absolute atomic E-state index is 0.0300. The van der Waals surface area contributed by atoms with Crippen molar-refractivity contribution >= 4 is 33.6 Å². The third kappa shape index (κ3) is 5.29. The Hall–Kier alpha value is -3.46. The summed E-state index contributed by atoms with van der Waals surface area (Å²) in [7, 11) is 1.64. The van der Waals surface area contributed by atoms with Crippen molar-refractivity contribution in [3.8, 4) is 5.75 Å². The summed E-state index contributed by atoms with van der Waals surface area (Å²) in [6, 6.07) is 14.2. The van der Waals surface area contributed by atoms with Gasteiger partial charge in [0.05, 0.1) is 30.1 Å². The Morgan fingerprint density at radius 2 is 1.62 bits per heavy atom. The lowest BCUT2D eigenvalue weighted by atomic mass is 10.2. The molecule has 3 aromatic rings. The molecule has 150 valence electrons. The maximum Gasteiger partial charge on any atom is 0.264 e. The molecule has 0 fully saturated rings. The quantitative estimate of drug-likeness (QED) is 0.600. The Balaban J connectivity index is 1.69. The molecule has 0 spiro atoms. The molecule has 0 aliphatic carbocycles. The standard InChI is InChI=1S/C20H21N5O3S/c1-25(2)17-8-6-16(7-9-17)21-12-15-4-10-19(11-5-15)29(26,27)24-20-22-13-18(28-3)14-23-20/h4-14H,1-3H3,(H,22,23,24). The van der Waals surface area contributed by atoms with Crippen molar-refractivity contribution in [2.75, 3.05) is 30.8 Å². The number of anilines is 2. The number of aliphatic imine (C=N–C) groups is 1. The van der Waals surface area contributed by atoms with Gasteiger partial charge in [-0.25, -0.2) is 23.1 Å². The van der Waals surface area contributed by atoms with Crippen LogP contribution >= 0.6 is 0 Å². The van der Waals surface area contributed by atoms with Crippen LogP contribution in [0.4, 0.5) is 17.3 Å². The van der Waals surface area contributed by atoms with Crippen molar-refractivity contribution in [3.63, 3.8) is 0 Å². The summed E-state index contributed by atoms with van der Waals surface area (Å²) < 4.78 is 32.2. The number of ether oxygens (including phenoxy) is 1. The first-order chi connectivity index (χ1) is 13.9. The average Bonchev–Trinajstić information content (AvgIpc) is 2.73. The molecule has 0 unspecified atom stereocenters. The van der Waals surface area contributed by atoms with Crippen molar-refractivity contribution in [2.45, 2.75) is 4.90 Å². The van der Waals surface area contributed by atoms with Gasteiger partial charge < -0.3 is 9.64 Å². The predicted octanol–water partition coefficient (Wildman–Crippen LogP) is 3.10. The van der Waals surface area contributed by atoms with E-state index in [1.54, 1.807) is 18.3 Å². The van der Waals surface area contributed by atoms with Gasteiger partial charge in [0, 0.05) is 26.0 Å². The SMILES string of the molecule is COc1cnc(NS(=O)(=O)c2ccc(C=Nc3ccc(N(C)C)cc3)cc2)nc1. The van der Waals surface area contributed by atoms with Crippen molar-refractivity contribution in [2.24, 2.45) is 4.99 Å². The van der Waals surface area contributed by atoms with Gasteiger partial charge >= 0.3 is 0 Å². The van der Waals surface area contributed by atoms with E-state index in [0.29, 0.717) is 5.75 Å². The summed E-state index contributed by atoms with van der Waals surface area (Å²) in [4.78, 5) is 14.3. The van der Waals surface area contributed by atoms with Crippen molar-refractivity contribution in [1.82, 2.24) is 9.97 Å². The molecule has 3 rings (SSSR count). The molecular weight excluding hydrogens is 390 g/mol. The summed E-state index contributed by atoms with van der Waals surface area (Å²) in [5.41, 5.74) is 2.68. The van der Waals surface area contributed by atoms with E-state index in [9.17, 15) is 8.42 Å². The minimum atomic E-state index is -3.79. The first-order valence-corrected chi connectivity index (χ1v) is 10.2. The smallest absolute Gasteiger partial charge is 0.264 e. The molecule has 0 bridgehead atoms. The molecule has 0 saturated heterocycles. The van der Waals surface area contributed by atoms with Crippen molar-refractivity contribution < 1.29 is 13.2 Å². The van der Waals surface area contributed by atoms with Crippen molar-refractivity contribution in [1.29, 1.82) is 0 Å². The topological polar surface area (TPSA) is 96.8 Å². The second-order valence-corrected chi connectivity index (χ2v) is 7.97. The molecule has 0 amide bonds. The molecule has 0 aliphatic rings.